The second-order valence-corrected chi connectivity index (χ2v) is 6.65. The van der Waals surface area contributed by atoms with Crippen molar-refractivity contribution in [1.82, 2.24) is 15.1 Å². The minimum Gasteiger partial charge on any atom is -0.392 e. The molecule has 130 valence electrons. The van der Waals surface area contributed by atoms with Crippen LogP contribution in [-0.4, -0.2) is 39.8 Å². The highest BCUT2D eigenvalue weighted by atomic mass is 16.4. The summed E-state index contributed by atoms with van der Waals surface area (Å²) in [5, 5.41) is 19.2. The summed E-state index contributed by atoms with van der Waals surface area (Å²) in [5.41, 5.74) is 0.944. The Labute approximate surface area is 145 Å². The summed E-state index contributed by atoms with van der Waals surface area (Å²) < 4.78 is 5.06. The lowest BCUT2D eigenvalue weighted by Crippen LogP contribution is -2.36. The van der Waals surface area contributed by atoms with Crippen LogP contribution in [-0.2, 0) is 0 Å². The van der Waals surface area contributed by atoms with Crippen LogP contribution in [0.3, 0.4) is 0 Å². The molecule has 2 aromatic carbocycles. The van der Waals surface area contributed by atoms with Gasteiger partial charge in [-0.3, -0.25) is 0 Å². The Bertz CT molecular complexity index is 909. The molecule has 2 heterocycles. The molecule has 4 rings (SSSR count). The number of rotatable bonds is 4. The zero-order valence-electron chi connectivity index (χ0n) is 13.9. The molecule has 1 unspecified atom stereocenters. The van der Waals surface area contributed by atoms with Gasteiger partial charge in [-0.2, -0.15) is 0 Å². The maximum absolute atomic E-state index is 11.1. The summed E-state index contributed by atoms with van der Waals surface area (Å²) in [6.45, 7) is 2.31. The molecular weight excluding hydrogens is 318 g/mol. The van der Waals surface area contributed by atoms with Gasteiger partial charge in [0.1, 0.15) is 0 Å². The molecule has 2 N–H and O–H groups in total. The molecule has 25 heavy (non-hydrogen) atoms. The average molecular weight is 339 g/mol. The second kappa shape index (κ2) is 6.82. The number of aliphatic hydroxyl groups excluding tert-OH is 1. The van der Waals surface area contributed by atoms with E-state index in [0.29, 0.717) is 12.4 Å². The Hall–Kier alpha value is -2.44. The predicted molar refractivity (Wildman–Crippen MR) is 94.4 cm³/mol. The van der Waals surface area contributed by atoms with Crippen LogP contribution in [0.4, 0.5) is 0 Å². The molecule has 1 aliphatic heterocycles. The summed E-state index contributed by atoms with van der Waals surface area (Å²) in [6.07, 6.45) is 1.24. The van der Waals surface area contributed by atoms with E-state index in [2.05, 4.69) is 39.4 Å². The normalized spacial score (nSPS) is 17.8. The second-order valence-electron chi connectivity index (χ2n) is 6.65. The molecule has 6 nitrogen and oxygen atoms in total. The molecule has 1 saturated heterocycles. The first-order valence-electron chi connectivity index (χ1n) is 8.63. The smallest absolute Gasteiger partial charge is 0.392 e. The van der Waals surface area contributed by atoms with Crippen molar-refractivity contribution in [2.24, 2.45) is 0 Å². The fourth-order valence-electron chi connectivity index (χ4n) is 3.54. The van der Waals surface area contributed by atoms with Gasteiger partial charge in [0.25, 0.3) is 0 Å². The molecule has 0 amide bonds. The van der Waals surface area contributed by atoms with Crippen LogP contribution in [0.1, 0.15) is 36.3 Å². The Kier molecular flexibility index (Phi) is 4.38. The van der Waals surface area contributed by atoms with Crippen molar-refractivity contribution in [2.45, 2.75) is 24.9 Å². The largest absolute Gasteiger partial charge is 0.434 e. The Morgan fingerprint density at radius 2 is 1.96 bits per heavy atom. The van der Waals surface area contributed by atoms with Crippen LogP contribution in [0.25, 0.3) is 10.8 Å². The maximum atomic E-state index is 11.1. The van der Waals surface area contributed by atoms with Crippen molar-refractivity contribution < 1.29 is 9.52 Å². The topological polar surface area (TPSA) is 82.4 Å². The van der Waals surface area contributed by atoms with Gasteiger partial charge in [0.2, 0.25) is 5.89 Å². The van der Waals surface area contributed by atoms with E-state index in [-0.39, 0.29) is 5.92 Å². The number of aromatic nitrogens is 2. The van der Waals surface area contributed by atoms with Gasteiger partial charge in [-0.15, -0.1) is 5.10 Å². The summed E-state index contributed by atoms with van der Waals surface area (Å²) in [4.78, 5) is 13.3. The highest BCUT2D eigenvalue weighted by Gasteiger charge is 2.25. The summed E-state index contributed by atoms with van der Waals surface area (Å²) in [7, 11) is 0. The SMILES string of the molecule is O=c1[nH]nc(C2CCN(CC(O)c3ccc4ccccc4c3)CC2)o1. The fraction of sp³-hybridized carbons (Fsp3) is 0.368. The van der Waals surface area contributed by atoms with Crippen molar-refractivity contribution in [3.05, 3.63) is 64.5 Å². The van der Waals surface area contributed by atoms with Gasteiger partial charge in [0.15, 0.2) is 0 Å². The van der Waals surface area contributed by atoms with E-state index in [1.165, 1.54) is 5.39 Å². The van der Waals surface area contributed by atoms with Crippen molar-refractivity contribution in [3.63, 3.8) is 0 Å². The van der Waals surface area contributed by atoms with Gasteiger partial charge < -0.3 is 14.4 Å². The molecular formula is C19H21N3O3. The van der Waals surface area contributed by atoms with Crippen LogP contribution < -0.4 is 5.76 Å². The molecule has 0 bridgehead atoms. The van der Waals surface area contributed by atoms with Gasteiger partial charge >= 0.3 is 5.76 Å². The van der Waals surface area contributed by atoms with E-state index in [9.17, 15) is 9.90 Å². The van der Waals surface area contributed by atoms with E-state index in [1.54, 1.807) is 0 Å². The fourth-order valence-corrected chi connectivity index (χ4v) is 3.54. The van der Waals surface area contributed by atoms with Gasteiger partial charge in [-0.1, -0.05) is 36.4 Å². The zero-order chi connectivity index (χ0) is 17.2. The number of nitrogens with zero attached hydrogens (tertiary/aromatic N) is 2. The Morgan fingerprint density at radius 3 is 2.68 bits per heavy atom. The minimum atomic E-state index is -0.510. The number of aromatic amines is 1. The number of nitrogens with one attached hydrogen (secondary N) is 1. The Morgan fingerprint density at radius 1 is 1.20 bits per heavy atom. The first-order chi connectivity index (χ1) is 12.2. The van der Waals surface area contributed by atoms with E-state index < -0.39 is 11.9 Å². The van der Waals surface area contributed by atoms with Crippen LogP contribution in [0.5, 0.6) is 0 Å². The number of β-amino-alcohol motifs (C(OH)–C–C–N with tert-alkyl or cyclic N) is 1. The standard InChI is InChI=1S/C19H21N3O3/c23-17(16-6-5-13-3-1-2-4-15(13)11-16)12-22-9-7-14(8-10-22)18-20-21-19(24)25-18/h1-6,11,14,17,23H,7-10,12H2,(H,21,24). The average Bonchev–Trinajstić information content (AvgIpc) is 3.08. The lowest BCUT2D eigenvalue weighted by atomic mass is 9.96. The molecule has 6 heteroatoms. The molecule has 1 aromatic heterocycles. The summed E-state index contributed by atoms with van der Waals surface area (Å²) in [5.74, 6) is 0.178. The number of likely N-dealkylation sites (tertiary alicyclic amines) is 1. The van der Waals surface area contributed by atoms with Gasteiger partial charge in [0.05, 0.1) is 6.10 Å². The molecule has 1 aliphatic rings. The van der Waals surface area contributed by atoms with Crippen LogP contribution >= 0.6 is 0 Å². The quantitative estimate of drug-likeness (QED) is 0.763. The van der Waals surface area contributed by atoms with Crippen molar-refractivity contribution in [3.8, 4) is 0 Å². The molecule has 1 atom stereocenters. The number of hydrogen-bond donors (Lipinski definition) is 2. The van der Waals surface area contributed by atoms with Crippen molar-refractivity contribution >= 4 is 10.8 Å². The minimum absolute atomic E-state index is 0.174. The number of fused-ring (bicyclic) bond motifs is 1. The Balaban J connectivity index is 1.38. The number of aliphatic hydroxyl groups is 1. The van der Waals surface area contributed by atoms with E-state index in [0.717, 1.165) is 36.9 Å². The van der Waals surface area contributed by atoms with Crippen molar-refractivity contribution in [1.29, 1.82) is 0 Å². The van der Waals surface area contributed by atoms with E-state index in [4.69, 9.17) is 4.42 Å². The third kappa shape index (κ3) is 3.50. The van der Waals surface area contributed by atoms with Crippen LogP contribution in [0.2, 0.25) is 0 Å². The number of hydrogen-bond acceptors (Lipinski definition) is 5. The monoisotopic (exact) mass is 339 g/mol. The molecule has 3 aromatic rings. The molecule has 0 saturated carbocycles. The third-order valence-corrected chi connectivity index (χ3v) is 4.98. The van der Waals surface area contributed by atoms with Gasteiger partial charge in [-0.25, -0.2) is 9.89 Å². The van der Waals surface area contributed by atoms with E-state index in [1.807, 2.05) is 18.2 Å². The zero-order valence-corrected chi connectivity index (χ0v) is 13.9. The highest BCUT2D eigenvalue weighted by molar-refractivity contribution is 5.83. The molecule has 0 radical (unpaired) electrons. The third-order valence-electron chi connectivity index (χ3n) is 4.98. The van der Waals surface area contributed by atoms with Crippen LogP contribution in [0, 0.1) is 0 Å². The van der Waals surface area contributed by atoms with Crippen molar-refractivity contribution in [2.75, 3.05) is 19.6 Å². The number of piperidine rings is 1. The maximum Gasteiger partial charge on any atom is 0.434 e. The highest BCUT2D eigenvalue weighted by Crippen LogP contribution is 2.27. The summed E-state index contributed by atoms with van der Waals surface area (Å²) >= 11 is 0. The number of H-pyrrole nitrogens is 1. The number of benzene rings is 2. The first kappa shape index (κ1) is 16.1. The molecule has 0 spiro atoms. The predicted octanol–water partition coefficient (Wildman–Crippen LogP) is 2.43. The van der Waals surface area contributed by atoms with Crippen LogP contribution in [0.15, 0.2) is 51.7 Å². The van der Waals surface area contributed by atoms with Gasteiger partial charge in [-0.05, 0) is 48.3 Å². The lowest BCUT2D eigenvalue weighted by molar-refractivity contribution is 0.0948. The van der Waals surface area contributed by atoms with E-state index >= 15 is 0 Å². The molecule has 0 aliphatic carbocycles. The summed E-state index contributed by atoms with van der Waals surface area (Å²) in [6, 6.07) is 14.3. The van der Waals surface area contributed by atoms with Gasteiger partial charge in [0, 0.05) is 12.5 Å². The molecule has 1 fully saturated rings. The lowest BCUT2D eigenvalue weighted by Gasteiger charge is -2.31. The first-order valence-corrected chi connectivity index (χ1v) is 8.63.